The largest absolute Gasteiger partial charge is 0.482 e. The van der Waals surface area contributed by atoms with Crippen LogP contribution in [-0.4, -0.2) is 29.9 Å². The van der Waals surface area contributed by atoms with Gasteiger partial charge in [0.05, 0.1) is 17.6 Å². The fourth-order valence-corrected chi connectivity index (χ4v) is 3.44. The molecule has 0 radical (unpaired) electrons. The number of carbonyl (C=O) groups is 2. The molecule has 0 aliphatic carbocycles. The highest BCUT2D eigenvalue weighted by molar-refractivity contribution is 7.14. The summed E-state index contributed by atoms with van der Waals surface area (Å²) in [5.41, 5.74) is 2.18. The number of hydrogen-bond donors (Lipinski definition) is 1. The van der Waals surface area contributed by atoms with Crippen molar-refractivity contribution in [2.24, 2.45) is 0 Å². The lowest BCUT2D eigenvalue weighted by atomic mass is 10.1. The van der Waals surface area contributed by atoms with Crippen LogP contribution in [0.3, 0.4) is 0 Å². The average Bonchev–Trinajstić information content (AvgIpc) is 3.36. The number of anilines is 2. The molecule has 136 valence electrons. The Hall–Kier alpha value is -3.39. The number of fused-ring (bicyclic) bond motifs is 1. The maximum Gasteiger partial charge on any atom is 0.293 e. The van der Waals surface area contributed by atoms with Crippen molar-refractivity contribution < 1.29 is 18.7 Å². The van der Waals surface area contributed by atoms with E-state index in [1.165, 1.54) is 17.6 Å². The number of thiazole rings is 1. The van der Waals surface area contributed by atoms with Gasteiger partial charge in [-0.15, -0.1) is 17.9 Å². The second kappa shape index (κ2) is 7.08. The van der Waals surface area contributed by atoms with Gasteiger partial charge in [-0.2, -0.15) is 0 Å². The summed E-state index contributed by atoms with van der Waals surface area (Å²) in [6, 6.07) is 8.76. The van der Waals surface area contributed by atoms with Gasteiger partial charge in [0.15, 0.2) is 17.5 Å². The Morgan fingerprint density at radius 2 is 2.30 bits per heavy atom. The molecule has 2 amide bonds. The van der Waals surface area contributed by atoms with Gasteiger partial charge in [-0.3, -0.25) is 14.9 Å². The molecule has 1 N–H and O–H groups in total. The van der Waals surface area contributed by atoms with E-state index < -0.39 is 0 Å². The van der Waals surface area contributed by atoms with Crippen LogP contribution in [0, 0.1) is 0 Å². The molecule has 0 saturated heterocycles. The van der Waals surface area contributed by atoms with Gasteiger partial charge in [0.2, 0.25) is 0 Å². The third-order valence-electron chi connectivity index (χ3n) is 3.98. The summed E-state index contributed by atoms with van der Waals surface area (Å²) in [4.78, 5) is 30.2. The number of furan rings is 1. The number of amides is 2. The van der Waals surface area contributed by atoms with Crippen LogP contribution < -0.4 is 15.0 Å². The molecule has 0 fully saturated rings. The van der Waals surface area contributed by atoms with E-state index in [-0.39, 0.29) is 24.2 Å². The number of carbonyl (C=O) groups excluding carboxylic acids is 2. The zero-order valence-corrected chi connectivity index (χ0v) is 15.0. The van der Waals surface area contributed by atoms with Crippen LogP contribution in [0.5, 0.6) is 5.75 Å². The first-order chi connectivity index (χ1) is 13.2. The van der Waals surface area contributed by atoms with Gasteiger partial charge in [0, 0.05) is 17.5 Å². The number of hydrogen-bond acceptors (Lipinski definition) is 6. The lowest BCUT2D eigenvalue weighted by Crippen LogP contribution is -2.38. The molecule has 3 aromatic rings. The maximum atomic E-state index is 12.1. The molecule has 1 aromatic carbocycles. The van der Waals surface area contributed by atoms with Gasteiger partial charge < -0.3 is 14.1 Å². The van der Waals surface area contributed by atoms with E-state index in [0.29, 0.717) is 28.8 Å². The van der Waals surface area contributed by atoms with Crippen LogP contribution in [0.15, 0.2) is 59.0 Å². The molecule has 0 unspecified atom stereocenters. The van der Waals surface area contributed by atoms with E-state index in [1.54, 1.807) is 23.1 Å². The number of ether oxygens (including phenoxy) is 1. The summed E-state index contributed by atoms with van der Waals surface area (Å²) in [6.45, 7) is 4.12. The molecule has 2 aromatic heterocycles. The molecule has 0 atom stereocenters. The molecule has 0 bridgehead atoms. The third kappa shape index (κ3) is 3.34. The van der Waals surface area contributed by atoms with E-state index in [2.05, 4.69) is 16.9 Å². The minimum Gasteiger partial charge on any atom is -0.482 e. The molecule has 0 spiro atoms. The van der Waals surface area contributed by atoms with Crippen molar-refractivity contribution in [1.82, 2.24) is 4.98 Å². The number of nitrogens with one attached hydrogen (secondary N) is 1. The van der Waals surface area contributed by atoms with Crippen molar-refractivity contribution in [3.8, 4) is 17.0 Å². The van der Waals surface area contributed by atoms with E-state index >= 15 is 0 Å². The standard InChI is InChI=1S/C19H15N3O4S/c1-2-7-22-14-9-12(5-6-15(14)26-10-17(22)23)13-11-27-19(20-13)21-18(24)16-4-3-8-25-16/h2-6,8-9,11H,1,7,10H2,(H,20,21,24). The molecule has 27 heavy (non-hydrogen) atoms. The lowest BCUT2D eigenvalue weighted by molar-refractivity contribution is -0.121. The maximum absolute atomic E-state index is 12.1. The van der Waals surface area contributed by atoms with Crippen LogP contribution in [0.1, 0.15) is 10.6 Å². The first-order valence-electron chi connectivity index (χ1n) is 8.14. The highest BCUT2D eigenvalue weighted by Gasteiger charge is 2.25. The van der Waals surface area contributed by atoms with Crippen molar-refractivity contribution in [2.45, 2.75) is 0 Å². The summed E-state index contributed by atoms with van der Waals surface area (Å²) in [5, 5.41) is 5.00. The quantitative estimate of drug-likeness (QED) is 0.683. The summed E-state index contributed by atoms with van der Waals surface area (Å²) in [5.74, 6) is 0.379. The van der Waals surface area contributed by atoms with Crippen LogP contribution in [0.4, 0.5) is 10.8 Å². The van der Waals surface area contributed by atoms with E-state index in [9.17, 15) is 9.59 Å². The molecule has 1 aliphatic heterocycles. The smallest absolute Gasteiger partial charge is 0.293 e. The zero-order valence-electron chi connectivity index (χ0n) is 14.2. The Morgan fingerprint density at radius 1 is 1.41 bits per heavy atom. The topological polar surface area (TPSA) is 84.7 Å². The van der Waals surface area contributed by atoms with Gasteiger partial charge in [-0.1, -0.05) is 6.08 Å². The molecule has 7 nitrogen and oxygen atoms in total. The molecule has 8 heteroatoms. The highest BCUT2D eigenvalue weighted by atomic mass is 32.1. The predicted molar refractivity (Wildman–Crippen MR) is 102 cm³/mol. The Kier molecular flexibility index (Phi) is 4.47. The van der Waals surface area contributed by atoms with E-state index in [1.807, 2.05) is 23.6 Å². The Bertz CT molecular complexity index is 1010. The third-order valence-corrected chi connectivity index (χ3v) is 4.74. The van der Waals surface area contributed by atoms with Gasteiger partial charge in [0.1, 0.15) is 5.75 Å². The SMILES string of the molecule is C=CCN1C(=O)COc2ccc(-c3csc(NC(=O)c4ccco4)n3)cc21. The summed E-state index contributed by atoms with van der Waals surface area (Å²) in [6.07, 6.45) is 3.11. The normalized spacial score (nSPS) is 13.0. The summed E-state index contributed by atoms with van der Waals surface area (Å²) >= 11 is 1.31. The zero-order chi connectivity index (χ0) is 18.8. The monoisotopic (exact) mass is 381 g/mol. The van der Waals surface area contributed by atoms with E-state index in [4.69, 9.17) is 9.15 Å². The molecular weight excluding hydrogens is 366 g/mol. The molecule has 1 aliphatic rings. The second-order valence-corrected chi connectivity index (χ2v) is 6.59. The Balaban J connectivity index is 1.59. The minimum absolute atomic E-state index is 0.0137. The molecule has 3 heterocycles. The first kappa shape index (κ1) is 17.0. The van der Waals surface area contributed by atoms with Crippen molar-refractivity contribution >= 4 is 34.0 Å². The van der Waals surface area contributed by atoms with Crippen LogP contribution in [0.25, 0.3) is 11.3 Å². The van der Waals surface area contributed by atoms with Gasteiger partial charge in [-0.05, 0) is 30.3 Å². The van der Waals surface area contributed by atoms with Crippen molar-refractivity contribution in [1.29, 1.82) is 0 Å². The number of benzene rings is 1. The fraction of sp³-hybridized carbons (Fsp3) is 0.105. The molecule has 0 saturated carbocycles. The second-order valence-electron chi connectivity index (χ2n) is 5.73. The van der Waals surface area contributed by atoms with Crippen LogP contribution in [0.2, 0.25) is 0 Å². The van der Waals surface area contributed by atoms with E-state index in [0.717, 1.165) is 5.56 Å². The fourth-order valence-electron chi connectivity index (χ4n) is 2.72. The molecular formula is C19H15N3O4S. The van der Waals surface area contributed by atoms with Crippen molar-refractivity contribution in [3.63, 3.8) is 0 Å². The number of nitrogens with zero attached hydrogens (tertiary/aromatic N) is 2. The van der Waals surface area contributed by atoms with Crippen molar-refractivity contribution in [3.05, 3.63) is 60.4 Å². The van der Waals surface area contributed by atoms with Gasteiger partial charge in [0.25, 0.3) is 11.8 Å². The van der Waals surface area contributed by atoms with Gasteiger partial charge >= 0.3 is 0 Å². The predicted octanol–water partition coefficient (Wildman–Crippen LogP) is 3.57. The minimum atomic E-state index is -0.359. The van der Waals surface area contributed by atoms with Crippen molar-refractivity contribution in [2.75, 3.05) is 23.4 Å². The Morgan fingerprint density at radius 3 is 3.07 bits per heavy atom. The van der Waals surface area contributed by atoms with Gasteiger partial charge in [-0.25, -0.2) is 4.98 Å². The molecule has 4 rings (SSSR count). The number of rotatable bonds is 5. The Labute approximate surface area is 158 Å². The lowest BCUT2D eigenvalue weighted by Gasteiger charge is -2.28. The summed E-state index contributed by atoms with van der Waals surface area (Å²) < 4.78 is 10.6. The number of aromatic nitrogens is 1. The van der Waals surface area contributed by atoms with Crippen LogP contribution in [-0.2, 0) is 4.79 Å². The first-order valence-corrected chi connectivity index (χ1v) is 9.02. The summed E-state index contributed by atoms with van der Waals surface area (Å²) in [7, 11) is 0. The van der Waals surface area contributed by atoms with Crippen LogP contribution >= 0.6 is 11.3 Å². The highest BCUT2D eigenvalue weighted by Crippen LogP contribution is 2.36. The average molecular weight is 381 g/mol.